The molecule has 1 rings (SSSR count). The number of nitrogens with zero attached hydrogens (tertiary/aromatic N) is 1. The summed E-state index contributed by atoms with van der Waals surface area (Å²) in [5.41, 5.74) is 1.09. The Morgan fingerprint density at radius 3 is 2.65 bits per heavy atom. The van der Waals surface area contributed by atoms with Crippen molar-refractivity contribution >= 4 is 17.3 Å². The summed E-state index contributed by atoms with van der Waals surface area (Å²) in [6, 6.07) is 4.25. The van der Waals surface area contributed by atoms with Crippen LogP contribution >= 0.6 is 0 Å². The first-order valence-electron chi connectivity index (χ1n) is 5.19. The van der Waals surface area contributed by atoms with Crippen LogP contribution < -0.4 is 10.6 Å². The number of aryl methyl sites for hydroxylation is 1. The van der Waals surface area contributed by atoms with E-state index in [1.807, 2.05) is 0 Å². The quantitative estimate of drug-likeness (QED) is 0.613. The van der Waals surface area contributed by atoms with Crippen LogP contribution in [-0.2, 0) is 4.79 Å². The van der Waals surface area contributed by atoms with Gasteiger partial charge in [-0.2, -0.15) is 0 Å². The number of amides is 1. The molecule has 1 aromatic carbocycles. The van der Waals surface area contributed by atoms with Gasteiger partial charge in [-0.3, -0.25) is 14.9 Å². The third-order valence-corrected chi connectivity index (χ3v) is 2.45. The van der Waals surface area contributed by atoms with Crippen molar-refractivity contribution in [3.05, 3.63) is 33.9 Å². The van der Waals surface area contributed by atoms with E-state index in [1.54, 1.807) is 26.0 Å². The second-order valence-corrected chi connectivity index (χ2v) is 3.71. The van der Waals surface area contributed by atoms with Crippen LogP contribution in [0.2, 0.25) is 0 Å². The number of carbonyl (C=O) groups excluding carboxylic acids is 1. The van der Waals surface area contributed by atoms with E-state index < -0.39 is 11.0 Å². The van der Waals surface area contributed by atoms with Crippen LogP contribution in [0.1, 0.15) is 12.5 Å². The molecule has 0 saturated carbocycles. The van der Waals surface area contributed by atoms with Gasteiger partial charge in [0.15, 0.2) is 0 Å². The largest absolute Gasteiger partial charge is 0.368 e. The van der Waals surface area contributed by atoms with Crippen LogP contribution in [0.4, 0.5) is 11.4 Å². The molecule has 1 atom stereocenters. The minimum atomic E-state index is -0.528. The summed E-state index contributed by atoms with van der Waals surface area (Å²) in [7, 11) is 1.52. The number of hydrogen-bond donors (Lipinski definition) is 2. The Balaban J connectivity index is 3.05. The molecule has 0 heterocycles. The van der Waals surface area contributed by atoms with E-state index in [0.717, 1.165) is 5.56 Å². The number of nitro groups is 1. The van der Waals surface area contributed by atoms with Gasteiger partial charge < -0.3 is 10.6 Å². The number of nitro benzene ring substituents is 1. The second-order valence-electron chi connectivity index (χ2n) is 3.71. The van der Waals surface area contributed by atoms with Crippen LogP contribution in [0.3, 0.4) is 0 Å². The fraction of sp³-hybridized carbons (Fsp3) is 0.364. The molecular weight excluding hydrogens is 222 g/mol. The molecule has 1 unspecified atom stereocenters. The Morgan fingerprint density at radius 1 is 1.47 bits per heavy atom. The van der Waals surface area contributed by atoms with Gasteiger partial charge in [-0.1, -0.05) is 12.1 Å². The van der Waals surface area contributed by atoms with Crippen molar-refractivity contribution in [2.75, 3.05) is 12.4 Å². The molecule has 2 N–H and O–H groups in total. The highest BCUT2D eigenvalue weighted by molar-refractivity contribution is 5.85. The molecule has 0 radical (unpaired) electrons. The second kappa shape index (κ2) is 5.29. The lowest BCUT2D eigenvalue weighted by Gasteiger charge is -2.15. The SMILES string of the molecule is CNC(=O)C(C)Nc1c(C)cccc1[N+](=O)[O-]. The van der Waals surface area contributed by atoms with Gasteiger partial charge in [0.25, 0.3) is 5.69 Å². The Hall–Kier alpha value is -2.11. The zero-order valence-corrected chi connectivity index (χ0v) is 9.98. The molecule has 1 aromatic rings. The molecule has 0 aliphatic rings. The molecule has 1 amide bonds. The van der Waals surface area contributed by atoms with Gasteiger partial charge in [-0.25, -0.2) is 0 Å². The van der Waals surface area contributed by atoms with E-state index in [2.05, 4.69) is 10.6 Å². The van der Waals surface area contributed by atoms with Crippen molar-refractivity contribution < 1.29 is 9.72 Å². The number of hydrogen-bond acceptors (Lipinski definition) is 4. The van der Waals surface area contributed by atoms with E-state index in [1.165, 1.54) is 13.1 Å². The van der Waals surface area contributed by atoms with Gasteiger partial charge in [0.2, 0.25) is 5.91 Å². The molecule has 17 heavy (non-hydrogen) atoms. The maximum atomic E-state index is 11.4. The molecule has 0 aliphatic carbocycles. The summed E-state index contributed by atoms with van der Waals surface area (Å²) in [5.74, 6) is -0.220. The van der Waals surface area contributed by atoms with Crippen molar-refractivity contribution in [3.8, 4) is 0 Å². The van der Waals surface area contributed by atoms with E-state index in [9.17, 15) is 14.9 Å². The molecule has 0 aromatic heterocycles. The summed E-state index contributed by atoms with van der Waals surface area (Å²) in [6.07, 6.45) is 0. The smallest absolute Gasteiger partial charge is 0.292 e. The standard InChI is InChI=1S/C11H15N3O3/c1-7-5-4-6-9(14(16)17)10(7)13-8(2)11(15)12-3/h4-6,8,13H,1-3H3,(H,12,15). The summed E-state index contributed by atoms with van der Waals surface area (Å²) < 4.78 is 0. The summed E-state index contributed by atoms with van der Waals surface area (Å²) >= 11 is 0. The fourth-order valence-corrected chi connectivity index (χ4v) is 1.49. The van der Waals surface area contributed by atoms with Crippen LogP contribution in [-0.4, -0.2) is 23.9 Å². The Kier molecular flexibility index (Phi) is 4.03. The maximum Gasteiger partial charge on any atom is 0.292 e. The molecule has 0 aliphatic heterocycles. The molecule has 6 heteroatoms. The molecule has 0 bridgehead atoms. The number of carbonyl (C=O) groups is 1. The molecule has 92 valence electrons. The van der Waals surface area contributed by atoms with Crippen LogP contribution in [0.5, 0.6) is 0 Å². The predicted molar refractivity (Wildman–Crippen MR) is 65.0 cm³/mol. The Morgan fingerprint density at radius 2 is 2.12 bits per heavy atom. The number of rotatable bonds is 4. The van der Waals surface area contributed by atoms with Crippen molar-refractivity contribution in [2.24, 2.45) is 0 Å². The third kappa shape index (κ3) is 2.93. The van der Waals surface area contributed by atoms with Crippen molar-refractivity contribution in [2.45, 2.75) is 19.9 Å². The van der Waals surface area contributed by atoms with E-state index in [-0.39, 0.29) is 11.6 Å². The number of likely N-dealkylation sites (N-methyl/N-ethyl adjacent to an activating group) is 1. The molecule has 0 saturated heterocycles. The maximum absolute atomic E-state index is 11.4. The normalized spacial score (nSPS) is 11.7. The first-order valence-corrected chi connectivity index (χ1v) is 5.19. The molecular formula is C11H15N3O3. The lowest BCUT2D eigenvalue weighted by Crippen LogP contribution is -2.35. The highest BCUT2D eigenvalue weighted by atomic mass is 16.6. The van der Waals surface area contributed by atoms with Gasteiger partial charge in [-0.05, 0) is 19.4 Å². The van der Waals surface area contributed by atoms with Crippen LogP contribution in [0.15, 0.2) is 18.2 Å². The highest BCUT2D eigenvalue weighted by Crippen LogP contribution is 2.28. The minimum absolute atomic E-state index is 0.0271. The Labute approximate surface area is 99.2 Å². The summed E-state index contributed by atoms with van der Waals surface area (Å²) in [5, 5.41) is 16.2. The molecule has 0 spiro atoms. The van der Waals surface area contributed by atoms with Crippen molar-refractivity contribution in [1.29, 1.82) is 0 Å². The van der Waals surface area contributed by atoms with Gasteiger partial charge in [-0.15, -0.1) is 0 Å². The lowest BCUT2D eigenvalue weighted by molar-refractivity contribution is -0.384. The fourth-order valence-electron chi connectivity index (χ4n) is 1.49. The van der Waals surface area contributed by atoms with Gasteiger partial charge in [0.05, 0.1) is 4.92 Å². The van der Waals surface area contributed by atoms with E-state index in [0.29, 0.717) is 5.69 Å². The van der Waals surface area contributed by atoms with Gasteiger partial charge >= 0.3 is 0 Å². The minimum Gasteiger partial charge on any atom is -0.368 e. The average molecular weight is 237 g/mol. The molecule has 6 nitrogen and oxygen atoms in total. The topological polar surface area (TPSA) is 84.3 Å². The van der Waals surface area contributed by atoms with Gasteiger partial charge in [0.1, 0.15) is 11.7 Å². The zero-order valence-electron chi connectivity index (χ0n) is 9.98. The number of anilines is 1. The zero-order chi connectivity index (χ0) is 13.0. The Bertz CT molecular complexity index is 446. The predicted octanol–water partition coefficient (Wildman–Crippen LogP) is 1.45. The number of para-hydroxylation sites is 1. The highest BCUT2D eigenvalue weighted by Gasteiger charge is 2.19. The summed E-state index contributed by atoms with van der Waals surface area (Å²) in [4.78, 5) is 21.8. The third-order valence-electron chi connectivity index (χ3n) is 2.45. The van der Waals surface area contributed by atoms with Crippen molar-refractivity contribution in [3.63, 3.8) is 0 Å². The average Bonchev–Trinajstić information content (AvgIpc) is 2.30. The van der Waals surface area contributed by atoms with E-state index in [4.69, 9.17) is 0 Å². The summed E-state index contributed by atoms with van der Waals surface area (Å²) in [6.45, 7) is 3.40. The van der Waals surface area contributed by atoms with E-state index >= 15 is 0 Å². The molecule has 0 fully saturated rings. The monoisotopic (exact) mass is 237 g/mol. The first-order chi connectivity index (χ1) is 7.97. The number of nitrogens with one attached hydrogen (secondary N) is 2. The van der Waals surface area contributed by atoms with Gasteiger partial charge in [0, 0.05) is 13.1 Å². The first kappa shape index (κ1) is 13.0. The van der Waals surface area contributed by atoms with Crippen molar-refractivity contribution in [1.82, 2.24) is 5.32 Å². The number of benzene rings is 1. The van der Waals surface area contributed by atoms with Crippen LogP contribution in [0, 0.1) is 17.0 Å². The van der Waals surface area contributed by atoms with Crippen LogP contribution in [0.25, 0.3) is 0 Å². The lowest BCUT2D eigenvalue weighted by atomic mass is 10.1.